The minimum atomic E-state index is -3.01. The fraction of sp³-hybridized carbons (Fsp3) is 1.00. The topological polar surface area (TPSA) is 34.1 Å². The summed E-state index contributed by atoms with van der Waals surface area (Å²) >= 11 is -3.01. The van der Waals surface area contributed by atoms with Gasteiger partial charge in [0, 0.05) is 0 Å². The Morgan fingerprint density at radius 3 is 1.29 bits per heavy atom. The Balaban J connectivity index is 3.06. The molecular weight excluding hydrogens is 375 g/mol. The van der Waals surface area contributed by atoms with Crippen LogP contribution in [0.4, 0.5) is 0 Å². The molecule has 0 radical (unpaired) electrons. The molecule has 0 bridgehead atoms. The molecule has 0 saturated heterocycles. The van der Waals surface area contributed by atoms with E-state index in [1.165, 1.54) is 83.5 Å². The Morgan fingerprint density at radius 1 is 0.619 bits per heavy atom. The van der Waals surface area contributed by atoms with Crippen LogP contribution < -0.4 is 0 Å². The van der Waals surface area contributed by atoms with Crippen LogP contribution in [0.1, 0.15) is 110 Å². The van der Waals surface area contributed by atoms with E-state index in [1.807, 2.05) is 6.92 Å². The first-order chi connectivity index (χ1) is 10.2. The molecule has 3 heteroatoms. The summed E-state index contributed by atoms with van der Waals surface area (Å²) in [4.78, 5) is 0. The van der Waals surface area contributed by atoms with Crippen LogP contribution >= 0.6 is 19.8 Å². The Kier molecular flexibility index (Phi) is 17.0. The second-order valence-corrected chi connectivity index (χ2v) is 9.91. The van der Waals surface area contributed by atoms with Gasteiger partial charge in [-0.2, -0.15) is 0 Å². The van der Waals surface area contributed by atoms with Crippen LogP contribution in [-0.2, 0) is 6.14 Å². The molecule has 0 aromatic carbocycles. The molecule has 21 heavy (non-hydrogen) atoms. The van der Waals surface area contributed by atoms with E-state index in [0.717, 1.165) is 12.8 Å². The van der Waals surface area contributed by atoms with Gasteiger partial charge in [-0.1, -0.05) is 96.8 Å². The van der Waals surface area contributed by atoms with E-state index in [9.17, 15) is 6.14 Å². The van der Waals surface area contributed by atoms with E-state index in [1.54, 1.807) is 0 Å². The maximum absolute atomic E-state index is 10.8. The van der Waals surface area contributed by atoms with E-state index >= 15 is 0 Å². The predicted molar refractivity (Wildman–Crippen MR) is 99.8 cm³/mol. The minimum Gasteiger partial charge on any atom is -0.235 e. The molecule has 0 heterocycles. The molecule has 0 saturated carbocycles. The van der Waals surface area contributed by atoms with Gasteiger partial charge in [0.05, 0.1) is 3.92 Å². The third-order valence-electron chi connectivity index (χ3n) is 4.26. The van der Waals surface area contributed by atoms with Gasteiger partial charge in [-0.25, -0.2) is 6.14 Å². The first-order valence-electron chi connectivity index (χ1n) is 9.22. The zero-order valence-corrected chi connectivity index (χ0v) is 16.5. The molecule has 0 aliphatic rings. The highest BCUT2D eigenvalue weighted by molar-refractivity contribution is 14.2. The minimum absolute atomic E-state index is 0.0356. The lowest BCUT2D eigenvalue weighted by atomic mass is 10.0. The van der Waals surface area contributed by atoms with Crippen molar-refractivity contribution in [2.75, 3.05) is 0 Å². The van der Waals surface area contributed by atoms with Crippen molar-refractivity contribution < 1.29 is 6.14 Å². The monoisotopic (exact) mass is 412 g/mol. The zero-order valence-electron chi connectivity index (χ0n) is 14.4. The molecule has 0 aromatic rings. The lowest BCUT2D eigenvalue weighted by Gasteiger charge is -2.04. The summed E-state index contributed by atoms with van der Waals surface area (Å²) in [5.74, 6) is 0. The Labute approximate surface area is 140 Å². The highest BCUT2D eigenvalue weighted by Crippen LogP contribution is 2.21. The van der Waals surface area contributed by atoms with Gasteiger partial charge in [0.1, 0.15) is 0 Å². The summed E-state index contributed by atoms with van der Waals surface area (Å²) in [6.07, 6.45) is 19.9. The largest absolute Gasteiger partial charge is 0.309 e. The van der Waals surface area contributed by atoms with Crippen LogP contribution in [0, 0.1) is 0 Å². The standard InChI is InChI=1S/C18H37IO2/c1-3-4-5-6-7-8-9-10-11-12-13-14-15-16-17-18(2)19(20)21/h18H,3-17H2,1-2H3. The average molecular weight is 412 g/mol. The van der Waals surface area contributed by atoms with E-state index in [-0.39, 0.29) is 3.92 Å². The molecule has 1 atom stereocenters. The normalized spacial score (nSPS) is 12.9. The van der Waals surface area contributed by atoms with Gasteiger partial charge in [0.15, 0.2) is 0 Å². The lowest BCUT2D eigenvalue weighted by molar-refractivity contribution is 0.532. The number of hydrogen-bond acceptors (Lipinski definition) is 2. The van der Waals surface area contributed by atoms with Crippen molar-refractivity contribution in [2.24, 2.45) is 0 Å². The van der Waals surface area contributed by atoms with E-state index in [4.69, 9.17) is 0 Å². The summed E-state index contributed by atoms with van der Waals surface area (Å²) in [6, 6.07) is 0. The van der Waals surface area contributed by atoms with Crippen LogP contribution in [0.15, 0.2) is 0 Å². The summed E-state index contributed by atoms with van der Waals surface area (Å²) < 4.78 is 21.6. The number of halogens is 1. The number of hydrogen-bond donors (Lipinski definition) is 0. The Bertz CT molecular complexity index is 266. The van der Waals surface area contributed by atoms with E-state index in [2.05, 4.69) is 6.92 Å². The second-order valence-electron chi connectivity index (χ2n) is 6.41. The summed E-state index contributed by atoms with van der Waals surface area (Å²) in [7, 11) is 0. The molecule has 0 N–H and O–H groups in total. The highest BCUT2D eigenvalue weighted by Gasteiger charge is 2.06. The molecule has 128 valence electrons. The molecule has 2 nitrogen and oxygen atoms in total. The third-order valence-corrected chi connectivity index (χ3v) is 6.62. The Morgan fingerprint density at radius 2 is 0.952 bits per heavy atom. The Hall–Kier alpha value is 0.330. The summed E-state index contributed by atoms with van der Waals surface area (Å²) in [5, 5.41) is 0. The van der Waals surface area contributed by atoms with Crippen LogP contribution in [0.25, 0.3) is 0 Å². The number of alkyl halides is 1. The van der Waals surface area contributed by atoms with Crippen molar-refractivity contribution in [1.29, 1.82) is 0 Å². The summed E-state index contributed by atoms with van der Waals surface area (Å²) in [5.41, 5.74) is 0. The molecule has 0 fully saturated rings. The van der Waals surface area contributed by atoms with E-state index in [0.29, 0.717) is 0 Å². The smallest absolute Gasteiger partial charge is 0.235 e. The van der Waals surface area contributed by atoms with Crippen molar-refractivity contribution in [3.8, 4) is 0 Å². The van der Waals surface area contributed by atoms with Crippen LogP contribution in [-0.4, -0.2) is 3.92 Å². The molecule has 0 aliphatic carbocycles. The molecule has 1 unspecified atom stereocenters. The van der Waals surface area contributed by atoms with Crippen LogP contribution in [0.2, 0.25) is 0 Å². The SMILES string of the molecule is CCCCCCCCCCCCCCCCC(C)I(=O)=O. The number of unbranched alkanes of at least 4 members (excludes halogenated alkanes) is 13. The quantitative estimate of drug-likeness (QED) is 0.150. The van der Waals surface area contributed by atoms with Gasteiger partial charge in [-0.15, -0.1) is 0 Å². The van der Waals surface area contributed by atoms with Gasteiger partial charge in [0.2, 0.25) is 0 Å². The van der Waals surface area contributed by atoms with Gasteiger partial charge in [-0.3, -0.25) is 0 Å². The van der Waals surface area contributed by atoms with Crippen LogP contribution in [0.5, 0.6) is 0 Å². The zero-order chi connectivity index (χ0) is 15.8. The van der Waals surface area contributed by atoms with Gasteiger partial charge >= 0.3 is 19.8 Å². The fourth-order valence-electron chi connectivity index (χ4n) is 2.71. The fourth-order valence-corrected chi connectivity index (χ4v) is 3.66. The average Bonchev–Trinajstić information content (AvgIpc) is 2.47. The van der Waals surface area contributed by atoms with Crippen molar-refractivity contribution in [1.82, 2.24) is 0 Å². The van der Waals surface area contributed by atoms with Crippen molar-refractivity contribution in [3.63, 3.8) is 0 Å². The van der Waals surface area contributed by atoms with Gasteiger partial charge < -0.3 is 0 Å². The van der Waals surface area contributed by atoms with Gasteiger partial charge in [-0.05, 0) is 13.3 Å². The first-order valence-corrected chi connectivity index (χ1v) is 12.2. The van der Waals surface area contributed by atoms with Crippen molar-refractivity contribution >= 4 is 19.8 Å². The third kappa shape index (κ3) is 16.5. The molecule has 0 aliphatic heterocycles. The maximum Gasteiger partial charge on any atom is 0.309 e. The second kappa shape index (κ2) is 16.7. The lowest BCUT2D eigenvalue weighted by Crippen LogP contribution is -1.92. The van der Waals surface area contributed by atoms with Crippen LogP contribution in [0.3, 0.4) is 0 Å². The molecular formula is C18H37IO2. The molecule has 0 spiro atoms. The van der Waals surface area contributed by atoms with Gasteiger partial charge in [0.25, 0.3) is 0 Å². The number of rotatable bonds is 16. The summed E-state index contributed by atoms with van der Waals surface area (Å²) in [6.45, 7) is 4.13. The first kappa shape index (κ1) is 21.3. The molecule has 0 rings (SSSR count). The molecule has 0 aromatic heterocycles. The highest BCUT2D eigenvalue weighted by atomic mass is 127. The molecule has 0 amide bonds. The predicted octanol–water partition coefficient (Wildman–Crippen LogP) is 7.44. The maximum atomic E-state index is 10.8. The van der Waals surface area contributed by atoms with Crippen molar-refractivity contribution in [3.05, 3.63) is 0 Å². The van der Waals surface area contributed by atoms with Crippen molar-refractivity contribution in [2.45, 2.75) is 114 Å². The van der Waals surface area contributed by atoms with E-state index < -0.39 is 19.8 Å².